The van der Waals surface area contributed by atoms with Gasteiger partial charge in [0.1, 0.15) is 5.82 Å². The number of carbonyl (C=O) groups excluding carboxylic acids is 1. The number of halogens is 1. The van der Waals surface area contributed by atoms with Gasteiger partial charge in [0, 0.05) is 37.2 Å². The molecule has 0 bridgehead atoms. The van der Waals surface area contributed by atoms with E-state index in [1.54, 1.807) is 6.20 Å². The normalized spacial score (nSPS) is 18.1. The highest BCUT2D eigenvalue weighted by atomic mass is 79.9. The van der Waals surface area contributed by atoms with Crippen molar-refractivity contribution in [3.63, 3.8) is 0 Å². The van der Waals surface area contributed by atoms with Crippen molar-refractivity contribution in [1.29, 1.82) is 0 Å². The minimum Gasteiger partial charge on any atom is -0.367 e. The molecule has 1 aliphatic carbocycles. The summed E-state index contributed by atoms with van der Waals surface area (Å²) in [5, 5.41) is 8.24. The lowest BCUT2D eigenvalue weighted by Crippen LogP contribution is -2.43. The SMILES string of the molecule is Cc1ccccc1-c1cc(NC2CCN(C(=O)CC3CCCCC3)CC2)n2ncc(Br)c2n1. The van der Waals surface area contributed by atoms with E-state index < -0.39 is 0 Å². The van der Waals surface area contributed by atoms with Crippen molar-refractivity contribution in [2.24, 2.45) is 5.92 Å². The fraction of sp³-hybridized carbons (Fsp3) is 0.500. The van der Waals surface area contributed by atoms with Crippen LogP contribution < -0.4 is 5.32 Å². The molecule has 2 fully saturated rings. The van der Waals surface area contributed by atoms with E-state index in [2.05, 4.69) is 62.4 Å². The number of piperidine rings is 1. The second-order valence-corrected chi connectivity index (χ2v) is 10.4. The molecule has 1 aliphatic heterocycles. The zero-order chi connectivity index (χ0) is 22.8. The van der Waals surface area contributed by atoms with Gasteiger partial charge in [0.15, 0.2) is 5.65 Å². The predicted octanol–water partition coefficient (Wildman–Crippen LogP) is 5.84. The van der Waals surface area contributed by atoms with Crippen LogP contribution in [0.25, 0.3) is 16.9 Å². The summed E-state index contributed by atoms with van der Waals surface area (Å²) in [7, 11) is 0. The summed E-state index contributed by atoms with van der Waals surface area (Å²) in [6, 6.07) is 10.7. The average molecular weight is 510 g/mol. The highest BCUT2D eigenvalue weighted by Gasteiger charge is 2.26. The van der Waals surface area contributed by atoms with Gasteiger partial charge in [0.25, 0.3) is 0 Å². The number of hydrogen-bond donors (Lipinski definition) is 1. The molecule has 1 amide bonds. The Morgan fingerprint density at radius 1 is 1.12 bits per heavy atom. The van der Waals surface area contributed by atoms with Crippen LogP contribution in [-0.4, -0.2) is 44.5 Å². The van der Waals surface area contributed by atoms with Gasteiger partial charge in [0.2, 0.25) is 5.91 Å². The molecule has 3 heterocycles. The first-order valence-electron chi connectivity index (χ1n) is 12.2. The Labute approximate surface area is 203 Å². The van der Waals surface area contributed by atoms with Gasteiger partial charge in [0.05, 0.1) is 16.4 Å². The maximum Gasteiger partial charge on any atom is 0.222 e. The predicted molar refractivity (Wildman–Crippen MR) is 135 cm³/mol. The molecule has 0 unspecified atom stereocenters. The number of benzene rings is 1. The number of anilines is 1. The van der Waals surface area contributed by atoms with Crippen molar-refractivity contribution >= 4 is 33.3 Å². The Bertz CT molecular complexity index is 1130. The lowest BCUT2D eigenvalue weighted by Gasteiger charge is -2.34. The molecule has 2 aliphatic rings. The molecule has 3 aromatic rings. The molecule has 1 N–H and O–H groups in total. The number of aryl methyl sites for hydroxylation is 1. The van der Waals surface area contributed by atoms with Gasteiger partial charge in [-0.2, -0.15) is 9.61 Å². The molecule has 2 aromatic heterocycles. The summed E-state index contributed by atoms with van der Waals surface area (Å²) < 4.78 is 2.75. The maximum atomic E-state index is 12.8. The van der Waals surface area contributed by atoms with Gasteiger partial charge in [-0.15, -0.1) is 0 Å². The Balaban J connectivity index is 1.29. The lowest BCUT2D eigenvalue weighted by atomic mass is 9.86. The summed E-state index contributed by atoms with van der Waals surface area (Å²) in [5.41, 5.74) is 4.06. The second kappa shape index (κ2) is 9.84. The first-order valence-corrected chi connectivity index (χ1v) is 13.0. The summed E-state index contributed by atoms with van der Waals surface area (Å²) in [5.74, 6) is 1.89. The van der Waals surface area contributed by atoms with Gasteiger partial charge >= 0.3 is 0 Å². The topological polar surface area (TPSA) is 62.5 Å². The van der Waals surface area contributed by atoms with Crippen LogP contribution in [0.1, 0.15) is 56.9 Å². The smallest absolute Gasteiger partial charge is 0.222 e. The molecule has 0 radical (unpaired) electrons. The Morgan fingerprint density at radius 2 is 1.88 bits per heavy atom. The molecule has 174 valence electrons. The van der Waals surface area contributed by atoms with E-state index in [0.717, 1.165) is 59.5 Å². The molecule has 1 saturated carbocycles. The van der Waals surface area contributed by atoms with Gasteiger partial charge in [-0.3, -0.25) is 4.79 Å². The fourth-order valence-electron chi connectivity index (χ4n) is 5.29. The Morgan fingerprint density at radius 3 is 2.64 bits per heavy atom. The van der Waals surface area contributed by atoms with Crippen LogP contribution in [0.3, 0.4) is 0 Å². The highest BCUT2D eigenvalue weighted by molar-refractivity contribution is 9.10. The number of likely N-dealkylation sites (tertiary alicyclic amines) is 1. The number of rotatable bonds is 5. The van der Waals surface area contributed by atoms with E-state index in [4.69, 9.17) is 4.98 Å². The number of aromatic nitrogens is 3. The summed E-state index contributed by atoms with van der Waals surface area (Å²) in [6.45, 7) is 3.76. The lowest BCUT2D eigenvalue weighted by molar-refractivity contribution is -0.133. The van der Waals surface area contributed by atoms with Crippen LogP contribution in [0, 0.1) is 12.8 Å². The fourth-order valence-corrected chi connectivity index (χ4v) is 5.64. The second-order valence-electron chi connectivity index (χ2n) is 9.58. The number of fused-ring (bicyclic) bond motifs is 1. The first kappa shape index (κ1) is 22.4. The third-order valence-electron chi connectivity index (χ3n) is 7.24. The number of nitrogens with one attached hydrogen (secondary N) is 1. The van der Waals surface area contributed by atoms with Crippen LogP contribution in [0.2, 0.25) is 0 Å². The minimum atomic E-state index is 0.307. The monoisotopic (exact) mass is 509 g/mol. The zero-order valence-electron chi connectivity index (χ0n) is 19.3. The number of amides is 1. The molecule has 6 nitrogen and oxygen atoms in total. The highest BCUT2D eigenvalue weighted by Crippen LogP contribution is 2.30. The van der Waals surface area contributed by atoms with E-state index >= 15 is 0 Å². The van der Waals surface area contributed by atoms with Crippen molar-refractivity contribution in [2.75, 3.05) is 18.4 Å². The average Bonchev–Trinajstić information content (AvgIpc) is 3.21. The van der Waals surface area contributed by atoms with E-state index in [1.165, 1.54) is 37.7 Å². The minimum absolute atomic E-state index is 0.307. The van der Waals surface area contributed by atoms with Gasteiger partial charge < -0.3 is 10.2 Å². The number of carbonyl (C=O) groups is 1. The van der Waals surface area contributed by atoms with Crippen LogP contribution in [0.15, 0.2) is 41.0 Å². The molecule has 33 heavy (non-hydrogen) atoms. The Hall–Kier alpha value is -2.41. The van der Waals surface area contributed by atoms with E-state index in [0.29, 0.717) is 17.9 Å². The zero-order valence-corrected chi connectivity index (χ0v) is 20.9. The van der Waals surface area contributed by atoms with Crippen molar-refractivity contribution in [2.45, 2.75) is 64.3 Å². The van der Waals surface area contributed by atoms with Crippen LogP contribution in [0.5, 0.6) is 0 Å². The van der Waals surface area contributed by atoms with Crippen molar-refractivity contribution in [3.05, 3.63) is 46.6 Å². The van der Waals surface area contributed by atoms with Crippen molar-refractivity contribution in [3.8, 4) is 11.3 Å². The molecule has 0 atom stereocenters. The van der Waals surface area contributed by atoms with Crippen molar-refractivity contribution in [1.82, 2.24) is 19.5 Å². The maximum absolute atomic E-state index is 12.8. The largest absolute Gasteiger partial charge is 0.367 e. The Kier molecular flexibility index (Phi) is 6.67. The molecule has 1 saturated heterocycles. The van der Waals surface area contributed by atoms with E-state index in [1.807, 2.05) is 10.6 Å². The summed E-state index contributed by atoms with van der Waals surface area (Å²) in [6.07, 6.45) is 10.8. The van der Waals surface area contributed by atoms with Crippen LogP contribution in [-0.2, 0) is 4.79 Å². The molecule has 1 aromatic carbocycles. The van der Waals surface area contributed by atoms with Gasteiger partial charge in [-0.25, -0.2) is 4.98 Å². The van der Waals surface area contributed by atoms with Gasteiger partial charge in [-0.05, 0) is 60.0 Å². The summed E-state index contributed by atoms with van der Waals surface area (Å²) in [4.78, 5) is 19.8. The standard InChI is InChI=1S/C26H32BrN5O/c1-18-7-5-6-10-21(18)23-16-24(32-26(30-23)22(27)17-28-32)29-20-11-13-31(14-12-20)25(33)15-19-8-3-2-4-9-19/h5-7,10,16-17,19-20,29H,2-4,8-9,11-15H2,1H3. The molecule has 5 rings (SSSR count). The van der Waals surface area contributed by atoms with Crippen molar-refractivity contribution < 1.29 is 4.79 Å². The molecular weight excluding hydrogens is 478 g/mol. The molecule has 0 spiro atoms. The molecule has 7 heteroatoms. The quantitative estimate of drug-likeness (QED) is 0.469. The number of hydrogen-bond acceptors (Lipinski definition) is 4. The third-order valence-corrected chi connectivity index (χ3v) is 7.80. The van der Waals surface area contributed by atoms with Crippen LogP contribution in [0.4, 0.5) is 5.82 Å². The summed E-state index contributed by atoms with van der Waals surface area (Å²) >= 11 is 3.60. The molecular formula is C26H32BrN5O. The van der Waals surface area contributed by atoms with E-state index in [9.17, 15) is 4.79 Å². The third kappa shape index (κ3) is 4.93. The first-order chi connectivity index (χ1) is 16.1. The number of nitrogens with zero attached hydrogens (tertiary/aromatic N) is 4. The van der Waals surface area contributed by atoms with E-state index in [-0.39, 0.29) is 0 Å². The van der Waals surface area contributed by atoms with Crippen LogP contribution >= 0.6 is 15.9 Å². The van der Waals surface area contributed by atoms with Gasteiger partial charge in [-0.1, -0.05) is 43.5 Å².